The Morgan fingerprint density at radius 3 is 2.64 bits per heavy atom. The maximum Gasteiger partial charge on any atom is 0.350 e. The molecule has 2 aromatic heterocycles. The maximum absolute atomic E-state index is 12.6. The van der Waals surface area contributed by atoms with Crippen LogP contribution in [0.2, 0.25) is 0 Å². The van der Waals surface area contributed by atoms with E-state index in [-0.39, 0.29) is 5.97 Å². The lowest BCUT2D eigenvalue weighted by Gasteiger charge is -2.08. The van der Waals surface area contributed by atoms with Gasteiger partial charge < -0.3 is 9.30 Å². The fourth-order valence-corrected chi connectivity index (χ4v) is 4.98. The number of aryl methyl sites for hydroxylation is 1. The molecule has 0 unspecified atom stereocenters. The van der Waals surface area contributed by atoms with Crippen molar-refractivity contribution in [1.82, 2.24) is 14.5 Å². The number of ether oxygens (including phenoxy) is 1. The molecule has 5 nitrogen and oxygen atoms in total. The number of hydrogen-bond acceptors (Lipinski definition) is 5. The van der Waals surface area contributed by atoms with E-state index in [1.165, 1.54) is 29.6 Å². The molecule has 0 aliphatic heterocycles. The molecule has 0 aliphatic carbocycles. The molecule has 5 aromatic rings. The van der Waals surface area contributed by atoms with Crippen molar-refractivity contribution in [3.05, 3.63) is 106 Å². The first-order chi connectivity index (χ1) is 16.1. The number of rotatable bonds is 6. The summed E-state index contributed by atoms with van der Waals surface area (Å²) in [5, 5.41) is 3.02. The minimum atomic E-state index is -0.366. The molecule has 33 heavy (non-hydrogen) atoms. The number of carbonyl (C=O) groups excluding carboxylic acids is 1. The van der Waals surface area contributed by atoms with Crippen molar-refractivity contribution in [2.45, 2.75) is 19.9 Å². The molecular formula is C27H23N3O2S. The molecular weight excluding hydrogens is 430 g/mol. The van der Waals surface area contributed by atoms with Gasteiger partial charge in [-0.3, -0.25) is 0 Å². The van der Waals surface area contributed by atoms with E-state index >= 15 is 0 Å². The summed E-state index contributed by atoms with van der Waals surface area (Å²) >= 11 is 1.38. The molecule has 6 heteroatoms. The zero-order valence-electron chi connectivity index (χ0n) is 18.5. The van der Waals surface area contributed by atoms with Gasteiger partial charge in [0.25, 0.3) is 0 Å². The van der Waals surface area contributed by atoms with Crippen LogP contribution >= 0.6 is 11.3 Å². The summed E-state index contributed by atoms with van der Waals surface area (Å²) in [5.74, 6) is -0.366. The van der Waals surface area contributed by atoms with Crippen molar-refractivity contribution in [1.29, 1.82) is 0 Å². The summed E-state index contributed by atoms with van der Waals surface area (Å²) in [4.78, 5) is 22.4. The third-order valence-corrected chi connectivity index (χ3v) is 6.73. The topological polar surface area (TPSA) is 57.0 Å². The normalized spacial score (nSPS) is 11.1. The molecule has 0 saturated carbocycles. The average Bonchev–Trinajstić information content (AvgIpc) is 3.47. The van der Waals surface area contributed by atoms with E-state index < -0.39 is 0 Å². The SMILES string of the molecule is COC(=O)c1sc(Cc2cncn2Cc2ccc(C)cc2)nc1-c1cccc2ccccc12. The van der Waals surface area contributed by atoms with Crippen LogP contribution in [0.5, 0.6) is 0 Å². The number of fused-ring (bicyclic) bond motifs is 1. The Morgan fingerprint density at radius 2 is 1.82 bits per heavy atom. The van der Waals surface area contributed by atoms with Gasteiger partial charge in [-0.1, -0.05) is 72.3 Å². The van der Waals surface area contributed by atoms with E-state index in [9.17, 15) is 4.79 Å². The van der Waals surface area contributed by atoms with Gasteiger partial charge in [0.05, 0.1) is 19.1 Å². The van der Waals surface area contributed by atoms with Crippen LogP contribution in [0.1, 0.15) is 31.5 Å². The Kier molecular flexibility index (Phi) is 5.75. The number of esters is 1. The third kappa shape index (κ3) is 4.30. The van der Waals surface area contributed by atoms with Crippen LogP contribution in [-0.2, 0) is 17.7 Å². The number of imidazole rings is 1. The van der Waals surface area contributed by atoms with Crippen LogP contribution in [0.15, 0.2) is 79.3 Å². The number of thiazole rings is 1. The highest BCUT2D eigenvalue weighted by molar-refractivity contribution is 7.14. The fraction of sp³-hybridized carbons (Fsp3) is 0.148. The summed E-state index contributed by atoms with van der Waals surface area (Å²) in [6, 6.07) is 22.7. The second-order valence-corrected chi connectivity index (χ2v) is 9.06. The Hall–Kier alpha value is -3.77. The minimum absolute atomic E-state index is 0.366. The molecule has 0 atom stereocenters. The largest absolute Gasteiger partial charge is 0.465 e. The van der Waals surface area contributed by atoms with Crippen LogP contribution in [0.4, 0.5) is 0 Å². The number of benzene rings is 3. The van der Waals surface area contributed by atoms with Crippen molar-refractivity contribution in [2.24, 2.45) is 0 Å². The molecule has 3 aromatic carbocycles. The molecule has 2 heterocycles. The summed E-state index contributed by atoms with van der Waals surface area (Å²) in [5.41, 5.74) is 5.10. The smallest absolute Gasteiger partial charge is 0.350 e. The molecule has 5 rings (SSSR count). The Bertz CT molecular complexity index is 1430. The predicted octanol–water partition coefficient (Wildman–Crippen LogP) is 5.89. The molecule has 0 spiro atoms. The molecule has 0 radical (unpaired) electrons. The minimum Gasteiger partial charge on any atom is -0.465 e. The molecule has 0 saturated heterocycles. The lowest BCUT2D eigenvalue weighted by Crippen LogP contribution is -2.03. The predicted molar refractivity (Wildman–Crippen MR) is 132 cm³/mol. The molecule has 0 amide bonds. The zero-order chi connectivity index (χ0) is 22.8. The van der Waals surface area contributed by atoms with Crippen LogP contribution in [0.25, 0.3) is 22.0 Å². The molecule has 164 valence electrons. The van der Waals surface area contributed by atoms with Gasteiger partial charge in [-0.15, -0.1) is 11.3 Å². The van der Waals surface area contributed by atoms with Gasteiger partial charge in [0.15, 0.2) is 0 Å². The first-order valence-corrected chi connectivity index (χ1v) is 11.5. The summed E-state index contributed by atoms with van der Waals surface area (Å²) in [6.07, 6.45) is 4.30. The molecule has 0 bridgehead atoms. The average molecular weight is 454 g/mol. The van der Waals surface area contributed by atoms with Crippen LogP contribution < -0.4 is 0 Å². The Morgan fingerprint density at radius 1 is 1.03 bits per heavy atom. The second-order valence-electron chi connectivity index (χ2n) is 7.98. The van der Waals surface area contributed by atoms with Gasteiger partial charge in [0.2, 0.25) is 0 Å². The van der Waals surface area contributed by atoms with Gasteiger partial charge in [-0.25, -0.2) is 14.8 Å². The van der Waals surface area contributed by atoms with Gasteiger partial charge in [0.1, 0.15) is 9.88 Å². The Labute approximate surface area is 196 Å². The molecule has 0 fully saturated rings. The highest BCUT2D eigenvalue weighted by atomic mass is 32.1. The van der Waals surface area contributed by atoms with E-state index in [0.29, 0.717) is 17.0 Å². The van der Waals surface area contributed by atoms with Crippen LogP contribution in [0.3, 0.4) is 0 Å². The number of methoxy groups -OCH3 is 1. The van der Waals surface area contributed by atoms with Crippen LogP contribution in [0, 0.1) is 6.92 Å². The summed E-state index contributed by atoms with van der Waals surface area (Å²) in [7, 11) is 1.41. The van der Waals surface area contributed by atoms with Crippen molar-refractivity contribution < 1.29 is 9.53 Å². The number of carbonyl (C=O) groups is 1. The Balaban J connectivity index is 1.51. The molecule has 0 aliphatic rings. The lowest BCUT2D eigenvalue weighted by atomic mass is 10.0. The quantitative estimate of drug-likeness (QED) is 0.301. The van der Waals surface area contributed by atoms with E-state index in [2.05, 4.69) is 58.9 Å². The van der Waals surface area contributed by atoms with Gasteiger partial charge >= 0.3 is 5.97 Å². The van der Waals surface area contributed by atoms with Crippen molar-refractivity contribution in [3.63, 3.8) is 0 Å². The van der Waals surface area contributed by atoms with Crippen molar-refractivity contribution in [3.8, 4) is 11.3 Å². The standard InChI is InChI=1S/C27H23N3O2S/c1-18-10-12-19(13-11-18)16-30-17-28-15-21(30)14-24-29-25(26(33-24)27(31)32-2)23-9-5-7-20-6-3-4-8-22(20)23/h3-13,15,17H,14,16H2,1-2H3. The number of aromatic nitrogens is 3. The van der Waals surface area contributed by atoms with Crippen LogP contribution in [-0.4, -0.2) is 27.6 Å². The van der Waals surface area contributed by atoms with E-state index in [0.717, 1.165) is 33.6 Å². The molecule has 0 N–H and O–H groups in total. The summed E-state index contributed by atoms with van der Waals surface area (Å²) < 4.78 is 7.21. The van der Waals surface area contributed by atoms with Crippen molar-refractivity contribution >= 4 is 28.1 Å². The highest BCUT2D eigenvalue weighted by Gasteiger charge is 2.22. The van der Waals surface area contributed by atoms with Gasteiger partial charge in [-0.2, -0.15) is 0 Å². The lowest BCUT2D eigenvalue weighted by molar-refractivity contribution is 0.0607. The van der Waals surface area contributed by atoms with E-state index in [1.807, 2.05) is 36.8 Å². The first kappa shape index (κ1) is 21.1. The maximum atomic E-state index is 12.6. The van der Waals surface area contributed by atoms with Crippen molar-refractivity contribution in [2.75, 3.05) is 7.11 Å². The van der Waals surface area contributed by atoms with E-state index in [1.54, 1.807) is 0 Å². The number of hydrogen-bond donors (Lipinski definition) is 0. The second kappa shape index (κ2) is 9.00. The van der Waals surface area contributed by atoms with Gasteiger partial charge in [-0.05, 0) is 23.3 Å². The first-order valence-electron chi connectivity index (χ1n) is 10.7. The monoisotopic (exact) mass is 453 g/mol. The summed E-state index contributed by atoms with van der Waals surface area (Å²) in [6.45, 7) is 2.82. The van der Waals surface area contributed by atoms with Gasteiger partial charge in [0, 0.05) is 30.4 Å². The fourth-order valence-electron chi connectivity index (χ4n) is 3.97. The van der Waals surface area contributed by atoms with E-state index in [4.69, 9.17) is 9.72 Å². The highest BCUT2D eigenvalue weighted by Crippen LogP contribution is 2.34. The zero-order valence-corrected chi connectivity index (χ0v) is 19.3. The number of nitrogens with zero attached hydrogens (tertiary/aromatic N) is 3. The third-order valence-electron chi connectivity index (χ3n) is 5.69.